The van der Waals surface area contributed by atoms with Crippen molar-refractivity contribution in [3.8, 4) is 0 Å². The van der Waals surface area contributed by atoms with Crippen molar-refractivity contribution in [2.45, 2.75) is 44.7 Å². The van der Waals surface area contributed by atoms with Crippen molar-refractivity contribution >= 4 is 46.3 Å². The first-order valence-corrected chi connectivity index (χ1v) is 10.1. The summed E-state index contributed by atoms with van der Waals surface area (Å²) in [6.07, 6.45) is 5.61. The lowest BCUT2D eigenvalue weighted by Crippen LogP contribution is -2.36. The van der Waals surface area contributed by atoms with E-state index in [1.54, 1.807) is 6.07 Å². The van der Waals surface area contributed by atoms with Crippen LogP contribution in [0.25, 0.3) is 0 Å². The van der Waals surface area contributed by atoms with E-state index in [9.17, 15) is 0 Å². The van der Waals surface area contributed by atoms with Crippen molar-refractivity contribution in [3.05, 3.63) is 56.7 Å². The molecule has 0 bridgehead atoms. The monoisotopic (exact) mass is 407 g/mol. The molecule has 3 nitrogen and oxygen atoms in total. The number of aromatic nitrogens is 1. The minimum Gasteiger partial charge on any atom is -0.310 e. The first-order chi connectivity index (χ1) is 12.6. The van der Waals surface area contributed by atoms with Crippen molar-refractivity contribution in [1.29, 1.82) is 0 Å². The van der Waals surface area contributed by atoms with Crippen molar-refractivity contribution in [2.24, 2.45) is 10.9 Å². The highest BCUT2D eigenvalue weighted by Gasteiger charge is 2.29. The Morgan fingerprint density at radius 3 is 2.65 bits per heavy atom. The smallest absolute Gasteiger partial charge is 0.157 e. The summed E-state index contributed by atoms with van der Waals surface area (Å²) in [5.41, 5.74) is 3.56. The molecule has 2 atom stereocenters. The van der Waals surface area contributed by atoms with Gasteiger partial charge in [-0.05, 0) is 55.0 Å². The van der Waals surface area contributed by atoms with E-state index in [4.69, 9.17) is 39.8 Å². The van der Waals surface area contributed by atoms with Crippen LogP contribution in [0, 0.1) is 5.92 Å². The molecular weight excluding hydrogens is 389 g/mol. The third-order valence-electron chi connectivity index (χ3n) is 5.21. The summed E-state index contributed by atoms with van der Waals surface area (Å²) in [6, 6.07) is 10.1. The van der Waals surface area contributed by atoms with Crippen LogP contribution < -0.4 is 5.32 Å². The van der Waals surface area contributed by atoms with Crippen LogP contribution in [0.4, 0.5) is 5.82 Å². The van der Waals surface area contributed by atoms with Crippen LogP contribution >= 0.6 is 34.8 Å². The molecule has 2 aromatic rings. The third kappa shape index (κ3) is 4.23. The van der Waals surface area contributed by atoms with Gasteiger partial charge >= 0.3 is 0 Å². The number of pyridine rings is 1. The molecule has 1 N–H and O–H groups in total. The molecule has 2 aliphatic rings. The topological polar surface area (TPSA) is 37.3 Å². The Morgan fingerprint density at radius 2 is 1.85 bits per heavy atom. The van der Waals surface area contributed by atoms with Gasteiger partial charge in [-0.2, -0.15) is 0 Å². The van der Waals surface area contributed by atoms with Gasteiger partial charge in [-0.25, -0.2) is 9.98 Å². The Balaban J connectivity index is 1.38. The van der Waals surface area contributed by atoms with Crippen molar-refractivity contribution in [3.63, 3.8) is 0 Å². The lowest BCUT2D eigenvalue weighted by molar-refractivity contribution is 0.333. The van der Waals surface area contributed by atoms with E-state index in [1.165, 1.54) is 30.5 Å². The molecule has 4 rings (SSSR count). The van der Waals surface area contributed by atoms with Crippen LogP contribution in [0.5, 0.6) is 0 Å². The van der Waals surface area contributed by atoms with Crippen LogP contribution in [0.2, 0.25) is 15.2 Å². The Labute approximate surface area is 168 Å². The second-order valence-corrected chi connectivity index (χ2v) is 8.38. The van der Waals surface area contributed by atoms with Crippen LogP contribution in [0.15, 0.2) is 35.3 Å². The molecule has 1 aromatic heterocycles. The van der Waals surface area contributed by atoms with E-state index in [0.717, 1.165) is 30.8 Å². The number of benzene rings is 1. The number of hydrogen-bond donors (Lipinski definition) is 1. The average Bonchev–Trinajstić information content (AvgIpc) is 3.03. The van der Waals surface area contributed by atoms with E-state index < -0.39 is 0 Å². The van der Waals surface area contributed by atoms with E-state index in [-0.39, 0.29) is 0 Å². The van der Waals surface area contributed by atoms with Gasteiger partial charge in [0.2, 0.25) is 0 Å². The maximum atomic E-state index is 6.09. The van der Waals surface area contributed by atoms with Crippen molar-refractivity contribution in [1.82, 2.24) is 10.3 Å². The van der Waals surface area contributed by atoms with Gasteiger partial charge in [0.15, 0.2) is 5.82 Å². The molecule has 2 unspecified atom stereocenters. The highest BCUT2D eigenvalue weighted by molar-refractivity contribution is 6.34. The van der Waals surface area contributed by atoms with Crippen LogP contribution in [-0.4, -0.2) is 16.7 Å². The third-order valence-corrected chi connectivity index (χ3v) is 5.85. The largest absolute Gasteiger partial charge is 0.310 e. The first-order valence-electron chi connectivity index (χ1n) is 8.98. The molecule has 1 aromatic carbocycles. The highest BCUT2D eigenvalue weighted by atomic mass is 35.5. The number of halogens is 3. The molecule has 136 valence electrons. The van der Waals surface area contributed by atoms with Crippen molar-refractivity contribution in [2.75, 3.05) is 0 Å². The molecule has 1 saturated carbocycles. The molecular formula is C20H20Cl3N3. The van der Waals surface area contributed by atoms with Crippen LogP contribution in [0.1, 0.15) is 36.8 Å². The summed E-state index contributed by atoms with van der Waals surface area (Å²) in [5.74, 6) is 1.31. The standard InChI is InChI=1S/C20H20Cl3N3/c21-15-6-12(7-16(22)10-15)11-24-17-3-1-2-13(8-17)18-9-14-4-5-19(23)26-20(14)25-18/h4-7,10,13,17,24H,1-3,8-9,11H2. The van der Waals surface area contributed by atoms with E-state index in [0.29, 0.717) is 27.2 Å². The fraction of sp³-hybridized carbons (Fsp3) is 0.400. The van der Waals surface area contributed by atoms with Gasteiger partial charge in [0.05, 0.1) is 0 Å². The molecule has 1 aliphatic heterocycles. The molecule has 6 heteroatoms. The highest BCUT2D eigenvalue weighted by Crippen LogP contribution is 2.34. The minimum absolute atomic E-state index is 0.481. The summed E-state index contributed by atoms with van der Waals surface area (Å²) in [7, 11) is 0. The van der Waals surface area contributed by atoms with Crippen LogP contribution in [-0.2, 0) is 13.0 Å². The Morgan fingerprint density at radius 1 is 1.04 bits per heavy atom. The maximum absolute atomic E-state index is 6.09. The second-order valence-electron chi connectivity index (χ2n) is 7.12. The molecule has 0 spiro atoms. The zero-order valence-corrected chi connectivity index (χ0v) is 16.6. The number of nitrogens with one attached hydrogen (secondary N) is 1. The number of aliphatic imine (C=N–C) groups is 1. The van der Waals surface area contributed by atoms with Crippen molar-refractivity contribution < 1.29 is 0 Å². The SMILES string of the molecule is Clc1cc(Cl)cc(CNC2CCCC(C3=Nc4nc(Cl)ccc4C3)C2)c1. The molecule has 26 heavy (non-hydrogen) atoms. The van der Waals surface area contributed by atoms with E-state index in [1.807, 2.05) is 24.3 Å². The summed E-state index contributed by atoms with van der Waals surface area (Å²) in [5, 5.41) is 5.54. The average molecular weight is 409 g/mol. The summed E-state index contributed by atoms with van der Waals surface area (Å²) in [6.45, 7) is 0.779. The van der Waals surface area contributed by atoms with Gasteiger partial charge in [-0.3, -0.25) is 0 Å². The zero-order valence-electron chi connectivity index (χ0n) is 14.3. The minimum atomic E-state index is 0.481. The van der Waals surface area contributed by atoms with E-state index in [2.05, 4.69) is 10.3 Å². The van der Waals surface area contributed by atoms with Gasteiger partial charge in [0.1, 0.15) is 5.15 Å². The first kappa shape index (κ1) is 18.2. The second kappa shape index (κ2) is 7.85. The Hall–Kier alpha value is -1.13. The fourth-order valence-corrected chi connectivity index (χ4v) is 4.66. The number of nitrogens with zero attached hydrogens (tertiary/aromatic N) is 2. The van der Waals surface area contributed by atoms with Crippen LogP contribution in [0.3, 0.4) is 0 Å². The molecule has 2 heterocycles. The molecule has 1 aliphatic carbocycles. The Bertz CT molecular complexity index is 830. The van der Waals surface area contributed by atoms with Gasteiger partial charge in [-0.1, -0.05) is 47.3 Å². The maximum Gasteiger partial charge on any atom is 0.157 e. The number of hydrogen-bond acceptors (Lipinski definition) is 3. The predicted octanol–water partition coefficient (Wildman–Crippen LogP) is 6.02. The molecule has 0 saturated heterocycles. The molecule has 0 radical (unpaired) electrons. The summed E-state index contributed by atoms with van der Waals surface area (Å²) >= 11 is 18.2. The van der Waals surface area contributed by atoms with Gasteiger partial charge < -0.3 is 5.32 Å². The Kier molecular flexibility index (Phi) is 5.51. The zero-order chi connectivity index (χ0) is 18.1. The number of rotatable bonds is 4. The number of fused-ring (bicyclic) bond motifs is 1. The normalized spacial score (nSPS) is 22.2. The lowest BCUT2D eigenvalue weighted by Gasteiger charge is -2.30. The lowest BCUT2D eigenvalue weighted by atomic mass is 9.81. The van der Waals surface area contributed by atoms with E-state index >= 15 is 0 Å². The molecule has 0 amide bonds. The van der Waals surface area contributed by atoms with Gasteiger partial charge in [0.25, 0.3) is 0 Å². The predicted molar refractivity (Wildman–Crippen MR) is 109 cm³/mol. The summed E-state index contributed by atoms with van der Waals surface area (Å²) < 4.78 is 0. The quantitative estimate of drug-likeness (QED) is 0.628. The molecule has 1 fully saturated rings. The van der Waals surface area contributed by atoms with Gasteiger partial charge in [0, 0.05) is 40.3 Å². The fourth-order valence-electron chi connectivity index (χ4n) is 3.95. The van der Waals surface area contributed by atoms with Gasteiger partial charge in [-0.15, -0.1) is 0 Å². The summed E-state index contributed by atoms with van der Waals surface area (Å²) in [4.78, 5) is 9.12.